The maximum atomic E-state index is 11.8. The van der Waals surface area contributed by atoms with E-state index in [1.54, 1.807) is 13.3 Å². The molecule has 1 heterocycles. The third-order valence-electron chi connectivity index (χ3n) is 2.63. The van der Waals surface area contributed by atoms with E-state index in [0.717, 1.165) is 11.3 Å². The molecule has 0 atom stereocenters. The van der Waals surface area contributed by atoms with Gasteiger partial charge in [-0.05, 0) is 17.7 Å². The second-order valence-corrected chi connectivity index (χ2v) is 3.74. The molecule has 0 saturated heterocycles. The molecule has 0 spiro atoms. The number of hydrogen-bond acceptors (Lipinski definition) is 3. The van der Waals surface area contributed by atoms with E-state index >= 15 is 0 Å². The monoisotopic (exact) mass is 233 g/mol. The number of aromatic amines is 1. The van der Waals surface area contributed by atoms with E-state index in [-0.39, 0.29) is 12.1 Å². The first kappa shape index (κ1) is 11.5. The summed E-state index contributed by atoms with van der Waals surface area (Å²) in [6, 6.07) is 7.59. The van der Waals surface area contributed by atoms with Crippen molar-refractivity contribution in [3.8, 4) is 5.75 Å². The van der Waals surface area contributed by atoms with Crippen LogP contribution in [0.25, 0.3) is 0 Å². The molecule has 2 rings (SSSR count). The van der Waals surface area contributed by atoms with Crippen LogP contribution >= 0.6 is 0 Å². The van der Waals surface area contributed by atoms with E-state index in [1.807, 2.05) is 24.3 Å². The molecule has 0 amide bonds. The Morgan fingerprint density at radius 1 is 1.35 bits per heavy atom. The van der Waals surface area contributed by atoms with Crippen molar-refractivity contribution >= 4 is 0 Å². The van der Waals surface area contributed by atoms with Gasteiger partial charge in [0.05, 0.1) is 13.7 Å². The Bertz CT molecular complexity index is 540. The topological polar surface area (TPSA) is 73.0 Å². The predicted octanol–water partition coefficient (Wildman–Crippen LogP) is 0.692. The lowest BCUT2D eigenvalue weighted by molar-refractivity contribution is 0.414. The van der Waals surface area contributed by atoms with Gasteiger partial charge in [-0.2, -0.15) is 0 Å². The Morgan fingerprint density at radius 2 is 2.06 bits per heavy atom. The fourth-order valence-corrected chi connectivity index (χ4v) is 1.63. The minimum absolute atomic E-state index is 0.0664. The molecule has 5 nitrogen and oxygen atoms in total. The van der Waals surface area contributed by atoms with Gasteiger partial charge in [0.15, 0.2) is 0 Å². The molecule has 5 heteroatoms. The van der Waals surface area contributed by atoms with Crippen LogP contribution in [-0.4, -0.2) is 16.9 Å². The number of nitrogens with zero attached hydrogens (tertiary/aromatic N) is 1. The molecule has 0 bridgehead atoms. The van der Waals surface area contributed by atoms with Crippen LogP contribution in [0.2, 0.25) is 0 Å². The Labute approximate surface area is 98.8 Å². The van der Waals surface area contributed by atoms with Crippen molar-refractivity contribution in [1.29, 1.82) is 0 Å². The zero-order chi connectivity index (χ0) is 12.3. The number of nitrogens with one attached hydrogen (secondary N) is 1. The lowest BCUT2D eigenvalue weighted by atomic mass is 10.2. The fraction of sp³-hybridized carbons (Fsp3) is 0.250. The Hall–Kier alpha value is -2.01. The van der Waals surface area contributed by atoms with Crippen molar-refractivity contribution in [2.24, 2.45) is 5.73 Å². The summed E-state index contributed by atoms with van der Waals surface area (Å²) < 4.78 is 6.60. The van der Waals surface area contributed by atoms with Crippen LogP contribution in [0, 0.1) is 0 Å². The Balaban J connectivity index is 2.19. The van der Waals surface area contributed by atoms with Gasteiger partial charge in [-0.15, -0.1) is 0 Å². The highest BCUT2D eigenvalue weighted by atomic mass is 16.5. The summed E-state index contributed by atoms with van der Waals surface area (Å²) in [7, 11) is 1.62. The maximum Gasteiger partial charge on any atom is 0.271 e. The van der Waals surface area contributed by atoms with E-state index in [4.69, 9.17) is 10.5 Å². The van der Waals surface area contributed by atoms with Gasteiger partial charge >= 0.3 is 0 Å². The maximum absolute atomic E-state index is 11.8. The quantitative estimate of drug-likeness (QED) is 0.816. The molecular formula is C12H15N3O2. The summed E-state index contributed by atoms with van der Waals surface area (Å²) in [5, 5.41) is 2.89. The fourth-order valence-electron chi connectivity index (χ4n) is 1.63. The molecule has 0 radical (unpaired) electrons. The van der Waals surface area contributed by atoms with Gasteiger partial charge in [-0.3, -0.25) is 4.79 Å². The minimum Gasteiger partial charge on any atom is -0.497 e. The minimum atomic E-state index is -0.0664. The average molecular weight is 233 g/mol. The Morgan fingerprint density at radius 3 is 2.59 bits per heavy atom. The standard InChI is InChI=1S/C12H15N3O2/c1-17-11-4-2-9(3-5-11)8-15-12(16)10(6-13)7-14-15/h2-5,7,14H,6,8,13H2,1H3. The van der Waals surface area contributed by atoms with Crippen LogP contribution in [0.5, 0.6) is 5.75 Å². The second-order valence-electron chi connectivity index (χ2n) is 3.74. The van der Waals surface area contributed by atoms with E-state index in [9.17, 15) is 4.79 Å². The zero-order valence-electron chi connectivity index (χ0n) is 9.64. The van der Waals surface area contributed by atoms with Gasteiger partial charge in [0.2, 0.25) is 0 Å². The number of rotatable bonds is 4. The third kappa shape index (κ3) is 2.39. The van der Waals surface area contributed by atoms with Crippen molar-refractivity contribution in [1.82, 2.24) is 9.78 Å². The summed E-state index contributed by atoms with van der Waals surface area (Å²) >= 11 is 0. The summed E-state index contributed by atoms with van der Waals surface area (Å²) in [6.45, 7) is 0.758. The SMILES string of the molecule is COc1ccc(Cn2[nH]cc(CN)c2=O)cc1. The number of hydrogen-bond donors (Lipinski definition) is 2. The lowest BCUT2D eigenvalue weighted by Crippen LogP contribution is -2.21. The van der Waals surface area contributed by atoms with E-state index in [2.05, 4.69) is 5.10 Å². The molecule has 0 aliphatic heterocycles. The van der Waals surface area contributed by atoms with Crippen molar-refractivity contribution in [2.75, 3.05) is 7.11 Å². The summed E-state index contributed by atoms with van der Waals surface area (Å²) in [5.41, 5.74) is 7.00. The molecule has 0 saturated carbocycles. The number of H-pyrrole nitrogens is 1. The van der Waals surface area contributed by atoms with Crippen LogP contribution in [0.4, 0.5) is 0 Å². The Kier molecular flexibility index (Phi) is 3.30. The molecule has 2 aromatic rings. The molecule has 0 unspecified atom stereocenters. The number of aromatic nitrogens is 2. The molecule has 1 aromatic heterocycles. The van der Waals surface area contributed by atoms with E-state index in [0.29, 0.717) is 12.1 Å². The molecule has 90 valence electrons. The van der Waals surface area contributed by atoms with E-state index in [1.165, 1.54) is 4.68 Å². The molecule has 0 aliphatic rings. The number of methoxy groups -OCH3 is 1. The first-order valence-electron chi connectivity index (χ1n) is 5.34. The zero-order valence-corrected chi connectivity index (χ0v) is 9.64. The number of ether oxygens (including phenoxy) is 1. The molecule has 0 aliphatic carbocycles. The van der Waals surface area contributed by atoms with Gasteiger partial charge in [0.1, 0.15) is 5.75 Å². The smallest absolute Gasteiger partial charge is 0.271 e. The van der Waals surface area contributed by atoms with Gasteiger partial charge in [0, 0.05) is 18.3 Å². The highest BCUT2D eigenvalue weighted by molar-refractivity contribution is 5.27. The van der Waals surface area contributed by atoms with Gasteiger partial charge in [0.25, 0.3) is 5.56 Å². The summed E-state index contributed by atoms with van der Waals surface area (Å²) in [6.07, 6.45) is 1.64. The molecule has 0 fully saturated rings. The highest BCUT2D eigenvalue weighted by Gasteiger charge is 2.04. The third-order valence-corrected chi connectivity index (χ3v) is 2.63. The molecule has 17 heavy (non-hydrogen) atoms. The average Bonchev–Trinajstić information content (AvgIpc) is 2.71. The van der Waals surface area contributed by atoms with Crippen molar-refractivity contribution in [2.45, 2.75) is 13.1 Å². The summed E-state index contributed by atoms with van der Waals surface area (Å²) in [4.78, 5) is 11.8. The van der Waals surface area contributed by atoms with Gasteiger partial charge in [-0.25, -0.2) is 4.68 Å². The largest absolute Gasteiger partial charge is 0.497 e. The number of nitrogens with two attached hydrogens (primary N) is 1. The molecule has 3 N–H and O–H groups in total. The first-order chi connectivity index (χ1) is 8.24. The predicted molar refractivity (Wildman–Crippen MR) is 65.0 cm³/mol. The highest BCUT2D eigenvalue weighted by Crippen LogP contribution is 2.11. The van der Waals surface area contributed by atoms with Crippen LogP contribution in [0.3, 0.4) is 0 Å². The van der Waals surface area contributed by atoms with Crippen molar-refractivity contribution < 1.29 is 4.74 Å². The van der Waals surface area contributed by atoms with Crippen LogP contribution < -0.4 is 16.0 Å². The van der Waals surface area contributed by atoms with Crippen molar-refractivity contribution in [3.05, 3.63) is 51.9 Å². The molecular weight excluding hydrogens is 218 g/mol. The lowest BCUT2D eigenvalue weighted by Gasteiger charge is -2.03. The van der Waals surface area contributed by atoms with Gasteiger partial charge < -0.3 is 15.6 Å². The normalized spacial score (nSPS) is 10.5. The first-order valence-corrected chi connectivity index (χ1v) is 5.34. The van der Waals surface area contributed by atoms with Crippen LogP contribution in [0.1, 0.15) is 11.1 Å². The number of benzene rings is 1. The van der Waals surface area contributed by atoms with Crippen LogP contribution in [0.15, 0.2) is 35.3 Å². The van der Waals surface area contributed by atoms with Crippen LogP contribution in [-0.2, 0) is 13.1 Å². The second kappa shape index (κ2) is 4.88. The van der Waals surface area contributed by atoms with Gasteiger partial charge in [-0.1, -0.05) is 12.1 Å². The van der Waals surface area contributed by atoms with E-state index < -0.39 is 0 Å². The summed E-state index contributed by atoms with van der Waals surface area (Å²) in [5.74, 6) is 0.801. The molecule has 1 aromatic carbocycles. The van der Waals surface area contributed by atoms with Crippen molar-refractivity contribution in [3.63, 3.8) is 0 Å².